The summed E-state index contributed by atoms with van der Waals surface area (Å²) in [6, 6.07) is 6.71. The number of rotatable bonds is 3. The summed E-state index contributed by atoms with van der Waals surface area (Å²) in [6.07, 6.45) is 1.89. The highest BCUT2D eigenvalue weighted by Gasteiger charge is 2.34. The fraction of sp³-hybridized carbons (Fsp3) is 0.467. The van der Waals surface area contributed by atoms with Gasteiger partial charge >= 0.3 is 5.97 Å². The first-order chi connectivity index (χ1) is 9.55. The first kappa shape index (κ1) is 17.5. The second-order valence-corrected chi connectivity index (χ2v) is 5.36. The number of ether oxygens (including phenoxy) is 1. The molecule has 0 aliphatic carbocycles. The molecular weight excluding hydrogens is 292 g/mol. The van der Waals surface area contributed by atoms with Gasteiger partial charge in [0.2, 0.25) is 5.91 Å². The van der Waals surface area contributed by atoms with E-state index in [-0.39, 0.29) is 29.7 Å². The van der Waals surface area contributed by atoms with E-state index in [4.69, 9.17) is 0 Å². The highest BCUT2D eigenvalue weighted by molar-refractivity contribution is 5.96. The fourth-order valence-electron chi connectivity index (χ4n) is 2.34. The molecule has 21 heavy (non-hydrogen) atoms. The van der Waals surface area contributed by atoms with Gasteiger partial charge in [-0.25, -0.2) is 4.79 Å². The maximum absolute atomic E-state index is 12.3. The Morgan fingerprint density at radius 1 is 1.29 bits per heavy atom. The largest absolute Gasteiger partial charge is 0.465 e. The molecule has 1 atom stereocenters. The minimum Gasteiger partial charge on any atom is -0.465 e. The maximum Gasteiger partial charge on any atom is 0.337 e. The van der Waals surface area contributed by atoms with Crippen LogP contribution in [-0.4, -0.2) is 32.1 Å². The van der Waals surface area contributed by atoms with Crippen LogP contribution < -0.4 is 10.6 Å². The molecule has 2 N–H and O–H groups in total. The van der Waals surface area contributed by atoms with Gasteiger partial charge in [0, 0.05) is 12.2 Å². The van der Waals surface area contributed by atoms with Crippen LogP contribution >= 0.6 is 12.4 Å². The molecule has 1 aromatic carbocycles. The molecule has 5 nitrogen and oxygen atoms in total. The molecule has 1 unspecified atom stereocenters. The number of esters is 1. The molecule has 116 valence electrons. The van der Waals surface area contributed by atoms with Crippen molar-refractivity contribution >= 4 is 30.0 Å². The zero-order valence-corrected chi connectivity index (χ0v) is 13.1. The van der Waals surface area contributed by atoms with Gasteiger partial charge in [-0.2, -0.15) is 0 Å². The number of carbonyl (C=O) groups is 2. The van der Waals surface area contributed by atoms with Gasteiger partial charge in [-0.3, -0.25) is 4.79 Å². The Morgan fingerprint density at radius 3 is 2.48 bits per heavy atom. The van der Waals surface area contributed by atoms with Gasteiger partial charge in [0.1, 0.15) is 0 Å². The second-order valence-electron chi connectivity index (χ2n) is 5.36. The van der Waals surface area contributed by atoms with Crippen LogP contribution in [0.25, 0.3) is 0 Å². The van der Waals surface area contributed by atoms with Crippen LogP contribution in [0.15, 0.2) is 24.3 Å². The average molecular weight is 313 g/mol. The number of amides is 1. The first-order valence-electron chi connectivity index (χ1n) is 6.76. The van der Waals surface area contributed by atoms with E-state index in [1.54, 1.807) is 24.3 Å². The minimum absolute atomic E-state index is 0. The lowest BCUT2D eigenvalue weighted by Crippen LogP contribution is -2.46. The number of benzene rings is 1. The Kier molecular flexibility index (Phi) is 6.18. The monoisotopic (exact) mass is 312 g/mol. The Balaban J connectivity index is 0.00000220. The molecule has 2 rings (SSSR count). The summed E-state index contributed by atoms with van der Waals surface area (Å²) in [5.41, 5.74) is 0.782. The van der Waals surface area contributed by atoms with Crippen molar-refractivity contribution in [3.8, 4) is 0 Å². The van der Waals surface area contributed by atoms with Crippen molar-refractivity contribution in [1.29, 1.82) is 0 Å². The summed E-state index contributed by atoms with van der Waals surface area (Å²) in [6.45, 7) is 3.63. The molecule has 0 radical (unpaired) electrons. The predicted molar refractivity (Wildman–Crippen MR) is 83.9 cm³/mol. The number of piperidine rings is 1. The van der Waals surface area contributed by atoms with E-state index in [0.717, 1.165) is 19.4 Å². The lowest BCUT2D eigenvalue weighted by molar-refractivity contribution is -0.125. The average Bonchev–Trinajstić information content (AvgIpc) is 2.48. The fourth-order valence-corrected chi connectivity index (χ4v) is 2.34. The lowest BCUT2D eigenvalue weighted by Gasteiger charge is -2.32. The van der Waals surface area contributed by atoms with Crippen LogP contribution in [0.4, 0.5) is 5.69 Å². The Morgan fingerprint density at radius 2 is 1.95 bits per heavy atom. The zero-order chi connectivity index (χ0) is 14.6. The van der Waals surface area contributed by atoms with Crippen molar-refractivity contribution in [1.82, 2.24) is 5.32 Å². The van der Waals surface area contributed by atoms with Gasteiger partial charge in [-0.05, 0) is 50.6 Å². The van der Waals surface area contributed by atoms with E-state index in [1.807, 2.05) is 6.92 Å². The maximum atomic E-state index is 12.3. The van der Waals surface area contributed by atoms with Gasteiger partial charge in [0.15, 0.2) is 0 Å². The third kappa shape index (κ3) is 4.19. The molecule has 1 aromatic rings. The molecule has 0 aromatic heterocycles. The number of methoxy groups -OCH3 is 1. The van der Waals surface area contributed by atoms with Crippen molar-refractivity contribution in [2.45, 2.75) is 19.8 Å². The van der Waals surface area contributed by atoms with Crippen molar-refractivity contribution in [2.24, 2.45) is 5.41 Å². The highest BCUT2D eigenvalue weighted by atomic mass is 35.5. The Hall–Kier alpha value is -1.59. The number of nitrogens with one attached hydrogen (secondary N) is 2. The van der Waals surface area contributed by atoms with Crippen molar-refractivity contribution < 1.29 is 14.3 Å². The van der Waals surface area contributed by atoms with Crippen molar-refractivity contribution in [3.05, 3.63) is 29.8 Å². The van der Waals surface area contributed by atoms with Crippen LogP contribution in [0.2, 0.25) is 0 Å². The first-order valence-corrected chi connectivity index (χ1v) is 6.76. The topological polar surface area (TPSA) is 67.4 Å². The molecular formula is C15H21ClN2O3. The normalized spacial score (nSPS) is 21.0. The number of anilines is 1. The summed E-state index contributed by atoms with van der Waals surface area (Å²) in [5, 5.41) is 6.16. The molecule has 1 saturated heterocycles. The lowest BCUT2D eigenvalue weighted by atomic mass is 9.82. The van der Waals surface area contributed by atoms with E-state index >= 15 is 0 Å². The van der Waals surface area contributed by atoms with E-state index in [0.29, 0.717) is 17.8 Å². The van der Waals surface area contributed by atoms with Gasteiger partial charge in [-0.1, -0.05) is 0 Å². The molecule has 6 heteroatoms. The molecule has 1 amide bonds. The van der Waals surface area contributed by atoms with Crippen LogP contribution in [0.1, 0.15) is 30.1 Å². The van der Waals surface area contributed by atoms with Gasteiger partial charge in [0.25, 0.3) is 0 Å². The Bertz CT molecular complexity index is 496. The predicted octanol–water partition coefficient (Wildman–Crippen LogP) is 2.22. The van der Waals surface area contributed by atoms with E-state index < -0.39 is 0 Å². The molecule has 0 bridgehead atoms. The molecule has 1 aliphatic heterocycles. The van der Waals surface area contributed by atoms with Crippen molar-refractivity contribution in [3.63, 3.8) is 0 Å². The number of hydrogen-bond acceptors (Lipinski definition) is 4. The molecule has 0 saturated carbocycles. The summed E-state index contributed by atoms with van der Waals surface area (Å²) in [7, 11) is 1.34. The van der Waals surface area contributed by atoms with Gasteiger partial charge < -0.3 is 15.4 Å². The third-order valence-corrected chi connectivity index (χ3v) is 3.71. The Labute approximate surface area is 130 Å². The summed E-state index contributed by atoms with van der Waals surface area (Å²) in [4.78, 5) is 23.6. The van der Waals surface area contributed by atoms with Crippen LogP contribution in [0.5, 0.6) is 0 Å². The molecule has 1 heterocycles. The number of carbonyl (C=O) groups excluding carboxylic acids is 2. The SMILES string of the molecule is COC(=O)c1ccc(NC(=O)C2(C)CCCNC2)cc1.Cl. The number of hydrogen-bond donors (Lipinski definition) is 2. The molecule has 1 fully saturated rings. The summed E-state index contributed by atoms with van der Waals surface area (Å²) < 4.78 is 4.63. The molecule has 1 aliphatic rings. The third-order valence-electron chi connectivity index (χ3n) is 3.71. The van der Waals surface area contributed by atoms with Crippen molar-refractivity contribution in [2.75, 3.05) is 25.5 Å². The van der Waals surface area contributed by atoms with Crippen LogP contribution in [-0.2, 0) is 9.53 Å². The summed E-state index contributed by atoms with van der Waals surface area (Å²) in [5.74, 6) is -0.373. The summed E-state index contributed by atoms with van der Waals surface area (Å²) >= 11 is 0. The minimum atomic E-state index is -0.383. The smallest absolute Gasteiger partial charge is 0.337 e. The van der Waals surface area contributed by atoms with Crippen LogP contribution in [0, 0.1) is 5.41 Å². The zero-order valence-electron chi connectivity index (χ0n) is 12.3. The van der Waals surface area contributed by atoms with E-state index in [9.17, 15) is 9.59 Å². The van der Waals surface area contributed by atoms with Gasteiger partial charge in [-0.15, -0.1) is 12.4 Å². The standard InChI is InChI=1S/C15H20N2O3.ClH/c1-15(8-3-9-16-10-15)14(19)17-12-6-4-11(5-7-12)13(18)20-2;/h4-7,16H,3,8-10H2,1-2H3,(H,17,19);1H. The molecule has 0 spiro atoms. The van der Waals surface area contributed by atoms with E-state index in [2.05, 4.69) is 15.4 Å². The van der Waals surface area contributed by atoms with E-state index in [1.165, 1.54) is 7.11 Å². The second kappa shape index (κ2) is 7.43. The van der Waals surface area contributed by atoms with Crippen LogP contribution in [0.3, 0.4) is 0 Å². The number of halogens is 1. The highest BCUT2D eigenvalue weighted by Crippen LogP contribution is 2.27. The quantitative estimate of drug-likeness (QED) is 0.840. The van der Waals surface area contributed by atoms with Gasteiger partial charge in [0.05, 0.1) is 18.1 Å².